The number of aromatic nitrogens is 2. The summed E-state index contributed by atoms with van der Waals surface area (Å²) in [4.78, 5) is 2.64. The lowest BCUT2D eigenvalue weighted by atomic mass is 10.1. The second-order valence-electron chi connectivity index (χ2n) is 6.47. The van der Waals surface area contributed by atoms with Crippen molar-refractivity contribution >= 4 is 0 Å². The minimum Gasteiger partial charge on any atom is -0.380 e. The summed E-state index contributed by atoms with van der Waals surface area (Å²) in [6, 6.07) is 1.36. The third-order valence-electron chi connectivity index (χ3n) is 5.04. The van der Waals surface area contributed by atoms with Crippen LogP contribution in [0.15, 0.2) is 12.4 Å². The van der Waals surface area contributed by atoms with Gasteiger partial charge in [0.25, 0.3) is 0 Å². The van der Waals surface area contributed by atoms with Crippen LogP contribution in [0.5, 0.6) is 0 Å². The SMILES string of the molecule is COC1CCN([C@H]2CCC[C@H]2NCCc2cnn(C)c2)C1. The molecule has 2 fully saturated rings. The van der Waals surface area contributed by atoms with E-state index in [0.29, 0.717) is 18.2 Å². The van der Waals surface area contributed by atoms with Crippen molar-refractivity contribution in [3.05, 3.63) is 18.0 Å². The fourth-order valence-electron chi connectivity index (χ4n) is 3.87. The van der Waals surface area contributed by atoms with E-state index in [0.717, 1.165) is 19.5 Å². The summed E-state index contributed by atoms with van der Waals surface area (Å²) in [7, 11) is 3.82. The number of hydrogen-bond acceptors (Lipinski definition) is 4. The second-order valence-corrected chi connectivity index (χ2v) is 6.47. The number of likely N-dealkylation sites (tertiary alicyclic amines) is 1. The maximum Gasteiger partial charge on any atom is 0.0710 e. The first-order valence-electron chi connectivity index (χ1n) is 8.24. The molecule has 5 heteroatoms. The second kappa shape index (κ2) is 6.90. The van der Waals surface area contributed by atoms with Crippen molar-refractivity contribution in [1.82, 2.24) is 20.0 Å². The van der Waals surface area contributed by atoms with E-state index in [9.17, 15) is 0 Å². The van der Waals surface area contributed by atoms with Crippen LogP contribution in [0, 0.1) is 0 Å². The highest BCUT2D eigenvalue weighted by atomic mass is 16.5. The Balaban J connectivity index is 1.46. The van der Waals surface area contributed by atoms with Gasteiger partial charge in [0.05, 0.1) is 12.3 Å². The van der Waals surface area contributed by atoms with E-state index in [2.05, 4.69) is 21.5 Å². The van der Waals surface area contributed by atoms with Gasteiger partial charge >= 0.3 is 0 Å². The molecule has 21 heavy (non-hydrogen) atoms. The fraction of sp³-hybridized carbons (Fsp3) is 0.812. The van der Waals surface area contributed by atoms with Gasteiger partial charge in [0.1, 0.15) is 0 Å². The fourth-order valence-corrected chi connectivity index (χ4v) is 3.87. The summed E-state index contributed by atoms with van der Waals surface area (Å²) < 4.78 is 7.38. The van der Waals surface area contributed by atoms with E-state index < -0.39 is 0 Å². The highest BCUT2D eigenvalue weighted by Gasteiger charge is 2.35. The van der Waals surface area contributed by atoms with E-state index in [1.807, 2.05) is 25.0 Å². The molecule has 1 aromatic rings. The number of nitrogens with zero attached hydrogens (tertiary/aromatic N) is 3. The monoisotopic (exact) mass is 292 g/mol. The largest absolute Gasteiger partial charge is 0.380 e. The third-order valence-corrected chi connectivity index (χ3v) is 5.04. The van der Waals surface area contributed by atoms with E-state index >= 15 is 0 Å². The molecule has 3 rings (SSSR count). The van der Waals surface area contributed by atoms with Gasteiger partial charge in [-0.15, -0.1) is 0 Å². The van der Waals surface area contributed by atoms with Crippen LogP contribution < -0.4 is 5.32 Å². The van der Waals surface area contributed by atoms with Crippen LogP contribution in [0.1, 0.15) is 31.2 Å². The van der Waals surface area contributed by atoms with Gasteiger partial charge in [0.2, 0.25) is 0 Å². The Morgan fingerprint density at radius 2 is 2.29 bits per heavy atom. The van der Waals surface area contributed by atoms with Crippen molar-refractivity contribution in [3.63, 3.8) is 0 Å². The molecular weight excluding hydrogens is 264 g/mol. The van der Waals surface area contributed by atoms with Crippen molar-refractivity contribution in [1.29, 1.82) is 0 Å². The maximum absolute atomic E-state index is 5.51. The Morgan fingerprint density at radius 1 is 1.38 bits per heavy atom. The molecule has 3 atom stereocenters. The molecule has 1 aliphatic carbocycles. The summed E-state index contributed by atoms with van der Waals surface area (Å²) in [5, 5.41) is 8.01. The summed E-state index contributed by atoms with van der Waals surface area (Å²) in [5.74, 6) is 0. The summed E-state index contributed by atoms with van der Waals surface area (Å²) in [6.07, 6.45) is 10.8. The van der Waals surface area contributed by atoms with Gasteiger partial charge < -0.3 is 10.1 Å². The van der Waals surface area contributed by atoms with Crippen LogP contribution in [0.2, 0.25) is 0 Å². The smallest absolute Gasteiger partial charge is 0.0710 e. The summed E-state index contributed by atoms with van der Waals surface area (Å²) >= 11 is 0. The Kier molecular flexibility index (Phi) is 4.93. The minimum atomic E-state index is 0.446. The Bertz CT molecular complexity index is 447. The molecule has 2 heterocycles. The molecule has 1 aliphatic heterocycles. The van der Waals surface area contributed by atoms with Gasteiger partial charge in [-0.2, -0.15) is 5.10 Å². The number of nitrogens with one attached hydrogen (secondary N) is 1. The Labute approximate surface area is 127 Å². The lowest BCUT2D eigenvalue weighted by molar-refractivity contribution is 0.0981. The van der Waals surface area contributed by atoms with Crippen molar-refractivity contribution in [3.8, 4) is 0 Å². The highest BCUT2D eigenvalue weighted by molar-refractivity contribution is 5.04. The highest BCUT2D eigenvalue weighted by Crippen LogP contribution is 2.27. The van der Waals surface area contributed by atoms with E-state index in [1.54, 1.807) is 0 Å². The standard InChI is InChI=1S/C16H28N4O/c1-19-11-13(10-18-19)6-8-17-15-4-3-5-16(15)20-9-7-14(12-20)21-2/h10-11,14-17H,3-9,12H2,1-2H3/t14?,15-,16+/m1/s1. The molecule has 1 unspecified atom stereocenters. The van der Waals surface area contributed by atoms with Gasteiger partial charge in [0.15, 0.2) is 0 Å². The summed E-state index contributed by atoms with van der Waals surface area (Å²) in [6.45, 7) is 3.36. The van der Waals surface area contributed by atoms with Crippen molar-refractivity contribution < 1.29 is 4.74 Å². The lowest BCUT2D eigenvalue weighted by Gasteiger charge is -2.30. The number of hydrogen-bond donors (Lipinski definition) is 1. The minimum absolute atomic E-state index is 0.446. The van der Waals surface area contributed by atoms with Crippen molar-refractivity contribution in [2.45, 2.75) is 50.3 Å². The molecular formula is C16H28N4O. The van der Waals surface area contributed by atoms with Crippen LogP contribution in [-0.2, 0) is 18.2 Å². The summed E-state index contributed by atoms with van der Waals surface area (Å²) in [5.41, 5.74) is 1.32. The van der Waals surface area contributed by atoms with Crippen LogP contribution in [0.4, 0.5) is 0 Å². The predicted molar refractivity (Wildman–Crippen MR) is 83.3 cm³/mol. The topological polar surface area (TPSA) is 42.3 Å². The number of ether oxygens (including phenoxy) is 1. The molecule has 1 N–H and O–H groups in total. The van der Waals surface area contributed by atoms with Gasteiger partial charge in [-0.05, 0) is 37.8 Å². The first-order chi connectivity index (χ1) is 10.3. The van der Waals surface area contributed by atoms with Crippen LogP contribution in [-0.4, -0.2) is 59.6 Å². The van der Waals surface area contributed by atoms with Gasteiger partial charge in [-0.1, -0.05) is 6.42 Å². The zero-order chi connectivity index (χ0) is 14.7. The zero-order valence-corrected chi connectivity index (χ0v) is 13.3. The molecule has 2 aliphatic rings. The van der Waals surface area contributed by atoms with E-state index in [-0.39, 0.29) is 0 Å². The molecule has 118 valence electrons. The average molecular weight is 292 g/mol. The molecule has 0 spiro atoms. The van der Waals surface area contributed by atoms with Gasteiger partial charge in [-0.25, -0.2) is 0 Å². The Hall–Kier alpha value is -0.910. The van der Waals surface area contributed by atoms with E-state index in [1.165, 1.54) is 37.8 Å². The quantitative estimate of drug-likeness (QED) is 0.855. The number of methoxy groups -OCH3 is 1. The molecule has 5 nitrogen and oxygen atoms in total. The molecule has 1 aromatic heterocycles. The van der Waals surface area contributed by atoms with Gasteiger partial charge in [0, 0.05) is 45.5 Å². The van der Waals surface area contributed by atoms with Crippen LogP contribution in [0.25, 0.3) is 0 Å². The Morgan fingerprint density at radius 3 is 3.00 bits per heavy atom. The average Bonchev–Trinajstić information content (AvgIpc) is 3.19. The molecule has 0 amide bonds. The zero-order valence-electron chi connectivity index (χ0n) is 13.3. The normalized spacial score (nSPS) is 30.3. The number of rotatable bonds is 6. The first kappa shape index (κ1) is 15.0. The van der Waals surface area contributed by atoms with Crippen LogP contribution in [0.3, 0.4) is 0 Å². The van der Waals surface area contributed by atoms with Crippen molar-refractivity contribution in [2.24, 2.45) is 7.05 Å². The maximum atomic E-state index is 5.51. The van der Waals surface area contributed by atoms with Crippen LogP contribution >= 0.6 is 0 Å². The third kappa shape index (κ3) is 3.65. The molecule has 0 radical (unpaired) electrons. The molecule has 1 saturated heterocycles. The predicted octanol–water partition coefficient (Wildman–Crippen LogP) is 1.19. The van der Waals surface area contributed by atoms with E-state index in [4.69, 9.17) is 4.74 Å². The lowest BCUT2D eigenvalue weighted by Crippen LogP contribution is -2.46. The number of aryl methyl sites for hydroxylation is 1. The molecule has 0 bridgehead atoms. The molecule has 0 aromatic carbocycles. The van der Waals surface area contributed by atoms with Crippen molar-refractivity contribution in [2.75, 3.05) is 26.7 Å². The van der Waals surface area contributed by atoms with Gasteiger partial charge in [-0.3, -0.25) is 9.58 Å². The molecule has 1 saturated carbocycles. The first-order valence-corrected chi connectivity index (χ1v) is 8.24.